The summed E-state index contributed by atoms with van der Waals surface area (Å²) in [7, 11) is 0. The molecule has 2 aliphatic heterocycles. The monoisotopic (exact) mass is 266 g/mol. The SMILES string of the molecule is C[C@@]12CCC3(C=C1CCCC21OCCO1)OCCO3. The second-order valence-electron chi connectivity index (χ2n) is 6.31. The standard InChI is InChI=1S/C15H22O4/c1-13-5-6-14(16-7-8-17-14)11-12(13)3-2-4-15(13)18-9-10-19-15/h11H,2-10H2,1H3/t13-/m1/s1. The van der Waals surface area contributed by atoms with Crippen molar-refractivity contribution < 1.29 is 18.9 Å². The number of ether oxygens (including phenoxy) is 4. The zero-order chi connectivity index (χ0) is 13.0. The van der Waals surface area contributed by atoms with Crippen molar-refractivity contribution in [3.05, 3.63) is 11.6 Å². The minimum atomic E-state index is -0.452. The van der Waals surface area contributed by atoms with Crippen molar-refractivity contribution in [2.45, 2.75) is 50.6 Å². The topological polar surface area (TPSA) is 36.9 Å². The van der Waals surface area contributed by atoms with Crippen molar-refractivity contribution in [1.29, 1.82) is 0 Å². The molecular weight excluding hydrogens is 244 g/mol. The lowest BCUT2D eigenvalue weighted by Gasteiger charge is -2.53. The smallest absolute Gasteiger partial charge is 0.188 e. The Bertz CT molecular complexity index is 404. The maximum Gasteiger partial charge on any atom is 0.188 e. The van der Waals surface area contributed by atoms with Crippen molar-refractivity contribution in [3.8, 4) is 0 Å². The van der Waals surface area contributed by atoms with Crippen LogP contribution in [0, 0.1) is 5.41 Å². The Kier molecular flexibility index (Phi) is 2.62. The largest absolute Gasteiger partial charge is 0.347 e. The van der Waals surface area contributed by atoms with Gasteiger partial charge in [0.1, 0.15) is 0 Å². The molecule has 0 aromatic carbocycles. The van der Waals surface area contributed by atoms with Gasteiger partial charge >= 0.3 is 0 Å². The van der Waals surface area contributed by atoms with E-state index < -0.39 is 11.6 Å². The molecule has 2 spiro atoms. The number of rotatable bonds is 0. The normalized spacial score (nSPS) is 39.5. The van der Waals surface area contributed by atoms with Crippen LogP contribution in [0.15, 0.2) is 11.6 Å². The van der Waals surface area contributed by atoms with Crippen LogP contribution < -0.4 is 0 Å². The summed E-state index contributed by atoms with van der Waals surface area (Å²) in [5.74, 6) is -0.844. The summed E-state index contributed by atoms with van der Waals surface area (Å²) >= 11 is 0. The Morgan fingerprint density at radius 3 is 2.32 bits per heavy atom. The highest BCUT2D eigenvalue weighted by molar-refractivity contribution is 5.28. The molecule has 4 heteroatoms. The molecule has 0 radical (unpaired) electrons. The lowest BCUT2D eigenvalue weighted by atomic mass is 9.61. The first-order valence-electron chi connectivity index (χ1n) is 7.46. The van der Waals surface area contributed by atoms with Gasteiger partial charge in [-0.25, -0.2) is 0 Å². The number of fused-ring (bicyclic) bond motifs is 2. The first-order valence-corrected chi connectivity index (χ1v) is 7.46. The lowest BCUT2D eigenvalue weighted by Crippen LogP contribution is -2.54. The first kappa shape index (κ1) is 12.3. The van der Waals surface area contributed by atoms with Crippen LogP contribution in [-0.2, 0) is 18.9 Å². The summed E-state index contributed by atoms with van der Waals surface area (Å²) in [5.41, 5.74) is 1.40. The third-order valence-corrected chi connectivity index (χ3v) is 5.40. The van der Waals surface area contributed by atoms with E-state index >= 15 is 0 Å². The molecule has 2 heterocycles. The fourth-order valence-corrected chi connectivity index (χ4v) is 4.27. The maximum absolute atomic E-state index is 6.06. The molecule has 0 bridgehead atoms. The average Bonchev–Trinajstić information content (AvgIpc) is 3.04. The summed E-state index contributed by atoms with van der Waals surface area (Å²) in [5, 5.41) is 0. The van der Waals surface area contributed by atoms with E-state index in [4.69, 9.17) is 18.9 Å². The Balaban J connectivity index is 1.73. The van der Waals surface area contributed by atoms with Gasteiger partial charge in [0.2, 0.25) is 0 Å². The van der Waals surface area contributed by atoms with Crippen LogP contribution in [0.25, 0.3) is 0 Å². The quantitative estimate of drug-likeness (QED) is 0.631. The van der Waals surface area contributed by atoms with Gasteiger partial charge < -0.3 is 18.9 Å². The van der Waals surface area contributed by atoms with Gasteiger partial charge in [-0.1, -0.05) is 12.5 Å². The van der Waals surface area contributed by atoms with Crippen molar-refractivity contribution >= 4 is 0 Å². The highest BCUT2D eigenvalue weighted by Gasteiger charge is 2.59. The molecule has 0 aromatic rings. The molecule has 3 fully saturated rings. The molecule has 2 aliphatic carbocycles. The van der Waals surface area contributed by atoms with Gasteiger partial charge in [-0.2, -0.15) is 0 Å². The summed E-state index contributed by atoms with van der Waals surface area (Å²) < 4.78 is 23.8. The van der Waals surface area contributed by atoms with E-state index in [1.165, 1.54) is 5.57 Å². The zero-order valence-corrected chi connectivity index (χ0v) is 11.6. The fraction of sp³-hybridized carbons (Fsp3) is 0.867. The summed E-state index contributed by atoms with van der Waals surface area (Å²) in [6, 6.07) is 0. The zero-order valence-electron chi connectivity index (χ0n) is 11.6. The predicted octanol–water partition coefficient (Wildman–Crippen LogP) is 2.38. The molecule has 0 aromatic heterocycles. The van der Waals surface area contributed by atoms with Gasteiger partial charge in [0.25, 0.3) is 0 Å². The second kappa shape index (κ2) is 4.04. The molecule has 4 rings (SSSR count). The number of hydrogen-bond donors (Lipinski definition) is 0. The van der Waals surface area contributed by atoms with E-state index in [1.807, 2.05) is 0 Å². The van der Waals surface area contributed by atoms with Crippen LogP contribution >= 0.6 is 0 Å². The Hall–Kier alpha value is -0.420. The highest BCUT2D eigenvalue weighted by Crippen LogP contribution is 2.58. The van der Waals surface area contributed by atoms with Gasteiger partial charge in [-0.05, 0) is 25.3 Å². The van der Waals surface area contributed by atoms with E-state index in [1.54, 1.807) is 0 Å². The Morgan fingerprint density at radius 2 is 1.58 bits per heavy atom. The average molecular weight is 266 g/mol. The molecule has 1 atom stereocenters. The van der Waals surface area contributed by atoms with Gasteiger partial charge in [0.15, 0.2) is 11.6 Å². The molecule has 106 valence electrons. The van der Waals surface area contributed by atoms with Crippen LogP contribution in [0.1, 0.15) is 39.0 Å². The maximum atomic E-state index is 6.06. The van der Waals surface area contributed by atoms with E-state index in [0.29, 0.717) is 13.2 Å². The van der Waals surface area contributed by atoms with E-state index in [2.05, 4.69) is 13.0 Å². The third kappa shape index (κ3) is 1.60. The second-order valence-corrected chi connectivity index (χ2v) is 6.31. The molecule has 4 aliphatic rings. The van der Waals surface area contributed by atoms with Crippen LogP contribution in [0.4, 0.5) is 0 Å². The summed E-state index contributed by atoms with van der Waals surface area (Å²) in [6.45, 7) is 5.16. The summed E-state index contributed by atoms with van der Waals surface area (Å²) in [4.78, 5) is 0. The van der Waals surface area contributed by atoms with Crippen LogP contribution in [0.3, 0.4) is 0 Å². The van der Waals surface area contributed by atoms with Crippen LogP contribution in [0.2, 0.25) is 0 Å². The van der Waals surface area contributed by atoms with E-state index in [9.17, 15) is 0 Å². The molecule has 0 unspecified atom stereocenters. The van der Waals surface area contributed by atoms with Gasteiger partial charge in [0.05, 0.1) is 26.4 Å². The molecule has 0 amide bonds. The minimum absolute atomic E-state index is 0.0116. The van der Waals surface area contributed by atoms with E-state index in [-0.39, 0.29) is 5.41 Å². The fourth-order valence-electron chi connectivity index (χ4n) is 4.27. The molecule has 2 saturated heterocycles. The highest BCUT2D eigenvalue weighted by atomic mass is 16.7. The van der Waals surface area contributed by atoms with Crippen molar-refractivity contribution in [2.24, 2.45) is 5.41 Å². The number of hydrogen-bond acceptors (Lipinski definition) is 4. The van der Waals surface area contributed by atoms with Crippen LogP contribution in [-0.4, -0.2) is 38.0 Å². The van der Waals surface area contributed by atoms with E-state index in [0.717, 1.165) is 45.3 Å². The van der Waals surface area contributed by atoms with Gasteiger partial charge in [-0.15, -0.1) is 0 Å². The van der Waals surface area contributed by atoms with Crippen molar-refractivity contribution in [2.75, 3.05) is 26.4 Å². The Labute approximate surface area is 114 Å². The molecule has 4 nitrogen and oxygen atoms in total. The van der Waals surface area contributed by atoms with Crippen molar-refractivity contribution in [3.63, 3.8) is 0 Å². The Morgan fingerprint density at radius 1 is 0.895 bits per heavy atom. The molecule has 19 heavy (non-hydrogen) atoms. The molecule has 1 saturated carbocycles. The van der Waals surface area contributed by atoms with Crippen molar-refractivity contribution in [1.82, 2.24) is 0 Å². The molecular formula is C15H22O4. The van der Waals surface area contributed by atoms with Gasteiger partial charge in [-0.3, -0.25) is 0 Å². The first-order chi connectivity index (χ1) is 9.18. The predicted molar refractivity (Wildman–Crippen MR) is 68.5 cm³/mol. The van der Waals surface area contributed by atoms with Gasteiger partial charge in [0, 0.05) is 18.3 Å². The third-order valence-electron chi connectivity index (χ3n) is 5.40. The minimum Gasteiger partial charge on any atom is -0.347 e. The molecule has 0 N–H and O–H groups in total. The summed E-state index contributed by atoms with van der Waals surface area (Å²) in [6.07, 6.45) is 7.39. The van der Waals surface area contributed by atoms with Crippen LogP contribution in [0.5, 0.6) is 0 Å². The lowest BCUT2D eigenvalue weighted by molar-refractivity contribution is -0.247.